The van der Waals surface area contributed by atoms with Crippen molar-refractivity contribution in [2.24, 2.45) is 5.92 Å². The maximum absolute atomic E-state index is 16.4. The van der Waals surface area contributed by atoms with Gasteiger partial charge in [-0.05, 0) is 73.0 Å². The van der Waals surface area contributed by atoms with Crippen molar-refractivity contribution in [3.05, 3.63) is 93.5 Å². The van der Waals surface area contributed by atoms with Crippen LogP contribution in [0.15, 0.2) is 71.2 Å². The van der Waals surface area contributed by atoms with Crippen molar-refractivity contribution < 1.29 is 28.3 Å². The number of amides is 3. The molecule has 252 valence electrons. The van der Waals surface area contributed by atoms with E-state index < -0.39 is 31.6 Å². The minimum Gasteiger partial charge on any atom is -0.394 e. The Balaban J connectivity index is 1.20. The third kappa shape index (κ3) is 5.52. The van der Waals surface area contributed by atoms with Crippen LogP contribution in [0, 0.1) is 5.92 Å². The van der Waals surface area contributed by atoms with Gasteiger partial charge in [0.25, 0.3) is 5.91 Å². The van der Waals surface area contributed by atoms with Crippen LogP contribution in [0.2, 0.25) is 18.6 Å². The van der Waals surface area contributed by atoms with Crippen LogP contribution < -0.4 is 9.80 Å². The fraction of sp³-hybridized carbons (Fsp3) is 0.432. The van der Waals surface area contributed by atoms with Gasteiger partial charge in [0.05, 0.1) is 37.4 Å². The fourth-order valence-corrected chi connectivity index (χ4v) is 11.4. The lowest BCUT2D eigenvalue weighted by molar-refractivity contribution is -0.151. The molecule has 1 N–H and O–H groups in total. The molecule has 1 spiro atoms. The summed E-state index contributed by atoms with van der Waals surface area (Å²) in [5.41, 5.74) is 3.16. The number of nitrogens with zero attached hydrogens (tertiary/aromatic N) is 3. The largest absolute Gasteiger partial charge is 0.394 e. The van der Waals surface area contributed by atoms with Crippen LogP contribution in [-0.4, -0.2) is 61.4 Å². The molecule has 0 saturated carbocycles. The highest BCUT2D eigenvalue weighted by atomic mass is 79.9. The molecule has 4 heterocycles. The van der Waals surface area contributed by atoms with E-state index >= 15 is 4.11 Å². The lowest BCUT2D eigenvalue weighted by atomic mass is 9.82. The van der Waals surface area contributed by atoms with Crippen LogP contribution in [0.1, 0.15) is 48.4 Å². The van der Waals surface area contributed by atoms with Gasteiger partial charge in [-0.25, -0.2) is 0 Å². The maximum atomic E-state index is 16.4. The molecule has 11 heteroatoms. The summed E-state index contributed by atoms with van der Waals surface area (Å²) in [5, 5.41) is 10.2. The van der Waals surface area contributed by atoms with Gasteiger partial charge in [0, 0.05) is 46.7 Å². The van der Waals surface area contributed by atoms with Gasteiger partial charge in [-0.2, -0.15) is 0 Å². The highest BCUT2D eigenvalue weighted by Gasteiger charge is 2.67. The highest BCUT2D eigenvalue weighted by molar-refractivity contribution is 9.10. The summed E-state index contributed by atoms with van der Waals surface area (Å²) < 4.78 is 24.0. The van der Waals surface area contributed by atoms with Gasteiger partial charge in [-0.3, -0.25) is 14.4 Å². The number of benzene rings is 3. The van der Waals surface area contributed by atoms with Crippen LogP contribution in [0.4, 0.5) is 15.5 Å². The van der Waals surface area contributed by atoms with Gasteiger partial charge in [-0.1, -0.05) is 59.3 Å². The average Bonchev–Trinajstić information content (AvgIpc) is 3.69. The molecule has 3 aromatic rings. The standard InChI is InChI=1S/C37H41BrFN3O5Si/c1-23-35(48(2,3)39)32(19-34(45)41-21-26-8-5-4-7-25(26)17-29(41)22-43)47-37(23)30-18-27(38)12-15-31(30)42(36(37)46)20-24-10-13-28(14-11-24)40-16-6-9-33(40)44/h4-5,7-8,10-15,18,23,29,32,35,43H,6,9,16-17,19-22H2,1-3H3/t23-,29-,32+,35-,37+/m0/s1. The molecule has 48 heavy (non-hydrogen) atoms. The lowest BCUT2D eigenvalue weighted by Gasteiger charge is -2.37. The first-order valence-electron chi connectivity index (χ1n) is 16.8. The van der Waals surface area contributed by atoms with E-state index in [1.807, 2.05) is 73.7 Å². The summed E-state index contributed by atoms with van der Waals surface area (Å²) in [4.78, 5) is 46.3. The first-order chi connectivity index (χ1) is 22.9. The Labute approximate surface area is 290 Å². The van der Waals surface area contributed by atoms with Crippen molar-refractivity contribution in [3.63, 3.8) is 0 Å². The molecule has 3 amide bonds. The second-order valence-corrected chi connectivity index (χ2v) is 18.9. The van der Waals surface area contributed by atoms with Crippen molar-refractivity contribution in [1.82, 2.24) is 4.90 Å². The third-order valence-electron chi connectivity index (χ3n) is 10.8. The molecule has 0 aliphatic carbocycles. The van der Waals surface area contributed by atoms with Crippen LogP contribution in [-0.2, 0) is 44.2 Å². The number of carbonyl (C=O) groups is 3. The molecule has 0 radical (unpaired) electrons. The number of halogens is 2. The molecule has 4 aliphatic heterocycles. The topological polar surface area (TPSA) is 90.4 Å². The Bertz CT molecular complexity index is 1770. The summed E-state index contributed by atoms with van der Waals surface area (Å²) in [6.07, 6.45) is 1.04. The van der Waals surface area contributed by atoms with Crippen molar-refractivity contribution in [3.8, 4) is 0 Å². The zero-order chi connectivity index (χ0) is 34.0. The molecule has 7 rings (SSSR count). The molecular formula is C37H41BrFN3O5Si. The third-order valence-corrected chi connectivity index (χ3v) is 13.8. The van der Waals surface area contributed by atoms with Crippen LogP contribution >= 0.6 is 15.9 Å². The zero-order valence-electron chi connectivity index (χ0n) is 27.5. The number of carbonyl (C=O) groups excluding carboxylic acids is 3. The van der Waals surface area contributed by atoms with E-state index in [1.165, 1.54) is 0 Å². The normalized spacial score (nSPS) is 26.8. The van der Waals surface area contributed by atoms with E-state index in [0.29, 0.717) is 37.2 Å². The number of ether oxygens (including phenoxy) is 1. The van der Waals surface area contributed by atoms with Gasteiger partial charge in [0.15, 0.2) is 5.60 Å². The van der Waals surface area contributed by atoms with Crippen molar-refractivity contribution in [2.75, 3.05) is 23.0 Å². The summed E-state index contributed by atoms with van der Waals surface area (Å²) in [6.45, 7) is 6.32. The molecule has 0 aromatic heterocycles. The number of hydrogen-bond acceptors (Lipinski definition) is 5. The van der Waals surface area contributed by atoms with Gasteiger partial charge >= 0.3 is 0 Å². The monoisotopic (exact) mass is 733 g/mol. The Kier molecular flexibility index (Phi) is 8.63. The molecule has 4 aliphatic rings. The molecule has 2 fully saturated rings. The first kappa shape index (κ1) is 33.1. The average molecular weight is 735 g/mol. The Morgan fingerprint density at radius 2 is 1.81 bits per heavy atom. The second kappa shape index (κ2) is 12.5. The van der Waals surface area contributed by atoms with E-state index in [-0.39, 0.29) is 43.3 Å². The predicted molar refractivity (Wildman–Crippen MR) is 188 cm³/mol. The molecular weight excluding hydrogens is 693 g/mol. The number of fused-ring (bicyclic) bond motifs is 3. The highest BCUT2D eigenvalue weighted by Crippen LogP contribution is 2.60. The number of aliphatic hydroxyl groups is 1. The Morgan fingerprint density at radius 1 is 1.08 bits per heavy atom. The predicted octanol–water partition coefficient (Wildman–Crippen LogP) is 6.23. The van der Waals surface area contributed by atoms with E-state index in [4.69, 9.17) is 4.74 Å². The molecule has 3 aromatic carbocycles. The van der Waals surface area contributed by atoms with Crippen molar-refractivity contribution >= 4 is 53.4 Å². The Morgan fingerprint density at radius 3 is 2.48 bits per heavy atom. The minimum atomic E-state index is -3.49. The lowest BCUT2D eigenvalue weighted by Crippen LogP contribution is -2.48. The SMILES string of the molecule is C[C@H]1[C@H]([Si](C)(C)F)[C@@H](CC(=O)N2Cc3ccccc3C[C@H]2CO)O[C@]12C(=O)N(Cc1ccc(N3CCCC3=O)cc1)c1ccc(Br)cc12. The molecule has 0 unspecified atom stereocenters. The zero-order valence-corrected chi connectivity index (χ0v) is 30.1. The van der Waals surface area contributed by atoms with E-state index in [0.717, 1.165) is 33.3 Å². The van der Waals surface area contributed by atoms with Crippen LogP contribution in [0.5, 0.6) is 0 Å². The fourth-order valence-electron chi connectivity index (χ4n) is 8.59. The van der Waals surface area contributed by atoms with Gasteiger partial charge in [0.1, 0.15) is 0 Å². The maximum Gasteiger partial charge on any atom is 0.264 e. The number of anilines is 2. The van der Waals surface area contributed by atoms with E-state index in [2.05, 4.69) is 15.9 Å². The summed E-state index contributed by atoms with van der Waals surface area (Å²) in [6, 6.07) is 20.9. The smallest absolute Gasteiger partial charge is 0.264 e. The second-order valence-electron chi connectivity index (χ2n) is 14.2. The van der Waals surface area contributed by atoms with E-state index in [9.17, 15) is 19.5 Å². The van der Waals surface area contributed by atoms with E-state index in [1.54, 1.807) is 27.8 Å². The summed E-state index contributed by atoms with van der Waals surface area (Å²) >= 11 is 3.59. The van der Waals surface area contributed by atoms with Gasteiger partial charge in [0.2, 0.25) is 20.2 Å². The van der Waals surface area contributed by atoms with Gasteiger partial charge in [-0.15, -0.1) is 0 Å². The molecule has 5 atom stereocenters. The molecule has 8 nitrogen and oxygen atoms in total. The van der Waals surface area contributed by atoms with Crippen LogP contribution in [0.3, 0.4) is 0 Å². The van der Waals surface area contributed by atoms with Crippen molar-refractivity contribution in [2.45, 2.75) is 82.1 Å². The minimum absolute atomic E-state index is 0.0803. The number of rotatable bonds is 7. The number of aliphatic hydroxyl groups excluding tert-OH is 1. The molecule has 0 bridgehead atoms. The quantitative estimate of drug-likeness (QED) is 0.230. The molecule has 2 saturated heterocycles. The van der Waals surface area contributed by atoms with Crippen LogP contribution in [0.25, 0.3) is 0 Å². The summed E-state index contributed by atoms with van der Waals surface area (Å²) in [5.74, 6) is -0.897. The van der Waals surface area contributed by atoms with Gasteiger partial charge < -0.3 is 28.7 Å². The first-order valence-corrected chi connectivity index (χ1v) is 20.5. The summed E-state index contributed by atoms with van der Waals surface area (Å²) in [7, 11) is -3.49. The van der Waals surface area contributed by atoms with Crippen molar-refractivity contribution in [1.29, 1.82) is 0 Å². The number of hydrogen-bond donors (Lipinski definition) is 1. The Hall–Kier alpha value is -3.38.